The van der Waals surface area contributed by atoms with E-state index in [1.54, 1.807) is 18.4 Å². The van der Waals surface area contributed by atoms with Crippen LogP contribution in [0, 0.1) is 0 Å². The number of furan rings is 1. The average Bonchev–Trinajstić information content (AvgIpc) is 3.14. The van der Waals surface area contributed by atoms with Crippen molar-refractivity contribution in [2.24, 2.45) is 0 Å². The normalized spacial score (nSPS) is 11.6. The Morgan fingerprint density at radius 2 is 1.68 bits per heavy atom. The van der Waals surface area contributed by atoms with E-state index in [-0.39, 0.29) is 5.91 Å². The van der Waals surface area contributed by atoms with Crippen molar-refractivity contribution in [1.82, 2.24) is 0 Å². The summed E-state index contributed by atoms with van der Waals surface area (Å²) in [6, 6.07) is 21.2. The van der Waals surface area contributed by atoms with Crippen molar-refractivity contribution < 1.29 is 9.21 Å². The van der Waals surface area contributed by atoms with E-state index in [9.17, 15) is 4.79 Å². The lowest BCUT2D eigenvalue weighted by atomic mass is 10.0. The van der Waals surface area contributed by atoms with Crippen LogP contribution in [0.5, 0.6) is 0 Å². The predicted molar refractivity (Wildman–Crippen MR) is 102 cm³/mol. The minimum atomic E-state index is -0.167. The van der Waals surface area contributed by atoms with Gasteiger partial charge in [0.2, 0.25) is 0 Å². The Morgan fingerprint density at radius 1 is 0.960 bits per heavy atom. The molecule has 0 aliphatic carbocycles. The first-order chi connectivity index (χ1) is 12.1. The van der Waals surface area contributed by atoms with Crippen LogP contribution in [0.25, 0.3) is 11.6 Å². The van der Waals surface area contributed by atoms with Gasteiger partial charge >= 0.3 is 0 Å². The van der Waals surface area contributed by atoms with Gasteiger partial charge in [0.05, 0.1) is 11.8 Å². The molecule has 0 saturated carbocycles. The smallest absolute Gasteiger partial charge is 0.256 e. The fourth-order valence-corrected chi connectivity index (χ4v) is 2.56. The first kappa shape index (κ1) is 16.8. The van der Waals surface area contributed by atoms with E-state index in [0.29, 0.717) is 17.3 Å². The van der Waals surface area contributed by atoms with Crippen molar-refractivity contribution in [3.8, 4) is 0 Å². The summed E-state index contributed by atoms with van der Waals surface area (Å²) >= 11 is 0. The molecular weight excluding hydrogens is 310 g/mol. The van der Waals surface area contributed by atoms with E-state index in [4.69, 9.17) is 4.42 Å². The summed E-state index contributed by atoms with van der Waals surface area (Å²) in [4.78, 5) is 12.8. The number of carbonyl (C=O) groups excluding carboxylic acids is 1. The summed E-state index contributed by atoms with van der Waals surface area (Å²) in [6.07, 6.45) is 3.35. The molecule has 3 heteroatoms. The Labute approximate surface area is 148 Å². The topological polar surface area (TPSA) is 42.2 Å². The molecule has 1 N–H and O–H groups in total. The maximum Gasteiger partial charge on any atom is 0.256 e. The van der Waals surface area contributed by atoms with E-state index < -0.39 is 0 Å². The summed E-state index contributed by atoms with van der Waals surface area (Å²) in [5, 5.41) is 2.97. The molecule has 0 bridgehead atoms. The number of benzene rings is 2. The highest BCUT2D eigenvalue weighted by molar-refractivity contribution is 6.29. The van der Waals surface area contributed by atoms with E-state index in [2.05, 4.69) is 19.2 Å². The van der Waals surface area contributed by atoms with Gasteiger partial charge in [0.1, 0.15) is 5.76 Å². The summed E-state index contributed by atoms with van der Waals surface area (Å²) in [5.41, 5.74) is 3.42. The van der Waals surface area contributed by atoms with Crippen LogP contribution in [0.4, 0.5) is 5.69 Å². The molecule has 0 fully saturated rings. The molecule has 0 unspecified atom stereocenters. The second-order valence-corrected chi connectivity index (χ2v) is 6.17. The summed E-state index contributed by atoms with van der Waals surface area (Å²) in [7, 11) is 0. The molecule has 3 rings (SSSR count). The zero-order valence-electron chi connectivity index (χ0n) is 14.4. The van der Waals surface area contributed by atoms with Crippen LogP contribution in [0.3, 0.4) is 0 Å². The molecule has 0 spiro atoms. The molecule has 1 aromatic heterocycles. The molecule has 3 aromatic rings. The first-order valence-electron chi connectivity index (χ1n) is 8.35. The maximum absolute atomic E-state index is 12.8. The monoisotopic (exact) mass is 331 g/mol. The summed E-state index contributed by atoms with van der Waals surface area (Å²) in [6.45, 7) is 4.29. The van der Waals surface area contributed by atoms with Gasteiger partial charge in [-0.05, 0) is 47.4 Å². The van der Waals surface area contributed by atoms with Gasteiger partial charge < -0.3 is 9.73 Å². The quantitative estimate of drug-likeness (QED) is 0.620. The predicted octanol–water partition coefficient (Wildman–Crippen LogP) is 5.58. The highest BCUT2D eigenvalue weighted by atomic mass is 16.3. The van der Waals surface area contributed by atoms with Crippen LogP contribution in [0.15, 0.2) is 77.4 Å². The molecule has 0 aliphatic heterocycles. The molecular formula is C22H21NO2. The van der Waals surface area contributed by atoms with Crippen molar-refractivity contribution in [3.05, 3.63) is 89.9 Å². The third-order valence-electron chi connectivity index (χ3n) is 3.99. The van der Waals surface area contributed by atoms with Crippen LogP contribution in [-0.4, -0.2) is 5.91 Å². The van der Waals surface area contributed by atoms with Crippen molar-refractivity contribution >= 4 is 23.2 Å². The van der Waals surface area contributed by atoms with Crippen molar-refractivity contribution in [2.45, 2.75) is 19.8 Å². The molecule has 3 nitrogen and oxygen atoms in total. The average molecular weight is 331 g/mol. The molecule has 0 radical (unpaired) electrons. The lowest BCUT2D eigenvalue weighted by Gasteiger charge is -2.11. The van der Waals surface area contributed by atoms with Gasteiger partial charge in [-0.3, -0.25) is 4.79 Å². The number of amides is 1. The van der Waals surface area contributed by atoms with Gasteiger partial charge in [-0.25, -0.2) is 0 Å². The van der Waals surface area contributed by atoms with E-state index in [1.165, 1.54) is 5.56 Å². The molecule has 1 heterocycles. The van der Waals surface area contributed by atoms with Gasteiger partial charge in [-0.2, -0.15) is 0 Å². The lowest BCUT2D eigenvalue weighted by molar-refractivity contribution is -0.111. The van der Waals surface area contributed by atoms with Crippen LogP contribution in [-0.2, 0) is 4.79 Å². The van der Waals surface area contributed by atoms with Gasteiger partial charge in [0.15, 0.2) is 0 Å². The highest BCUT2D eigenvalue weighted by Crippen LogP contribution is 2.22. The Hall–Kier alpha value is -3.07. The zero-order valence-corrected chi connectivity index (χ0v) is 14.4. The maximum atomic E-state index is 12.8. The van der Waals surface area contributed by atoms with Crippen molar-refractivity contribution in [3.63, 3.8) is 0 Å². The number of nitrogens with one attached hydrogen (secondary N) is 1. The summed E-state index contributed by atoms with van der Waals surface area (Å²) in [5.74, 6) is 0.938. The number of hydrogen-bond donors (Lipinski definition) is 1. The standard InChI is InChI=1S/C22H21NO2/c1-16(2)17-10-12-19(13-11-17)23-22(24)21(15-20-9-6-14-25-20)18-7-4-3-5-8-18/h3-16H,1-2H3,(H,23,24). The molecule has 126 valence electrons. The minimum Gasteiger partial charge on any atom is -0.465 e. The zero-order chi connectivity index (χ0) is 17.6. The van der Waals surface area contributed by atoms with Crippen LogP contribution >= 0.6 is 0 Å². The highest BCUT2D eigenvalue weighted by Gasteiger charge is 2.13. The molecule has 0 aliphatic rings. The SMILES string of the molecule is CC(C)c1ccc(NC(=O)C(=Cc2ccco2)c2ccccc2)cc1. The Morgan fingerprint density at radius 3 is 2.28 bits per heavy atom. The second-order valence-electron chi connectivity index (χ2n) is 6.17. The fraction of sp³-hybridized carbons (Fsp3) is 0.136. The number of hydrogen-bond acceptors (Lipinski definition) is 2. The Balaban J connectivity index is 1.87. The number of carbonyl (C=O) groups is 1. The van der Waals surface area contributed by atoms with E-state index >= 15 is 0 Å². The van der Waals surface area contributed by atoms with Crippen LogP contribution in [0.1, 0.15) is 36.7 Å². The largest absolute Gasteiger partial charge is 0.465 e. The van der Waals surface area contributed by atoms with Crippen molar-refractivity contribution in [1.29, 1.82) is 0 Å². The first-order valence-corrected chi connectivity index (χ1v) is 8.35. The molecule has 0 atom stereocenters. The number of rotatable bonds is 5. The van der Waals surface area contributed by atoms with Crippen molar-refractivity contribution in [2.75, 3.05) is 5.32 Å². The Bertz CT molecular complexity index is 845. The van der Waals surface area contributed by atoms with Gasteiger partial charge in [0, 0.05) is 5.69 Å². The fourth-order valence-electron chi connectivity index (χ4n) is 2.56. The molecule has 2 aromatic carbocycles. The molecule has 0 saturated heterocycles. The van der Waals surface area contributed by atoms with E-state index in [1.807, 2.05) is 60.7 Å². The van der Waals surface area contributed by atoms with Crippen LogP contribution < -0.4 is 5.32 Å². The van der Waals surface area contributed by atoms with Gasteiger partial charge in [0.25, 0.3) is 5.91 Å². The van der Waals surface area contributed by atoms with Crippen LogP contribution in [0.2, 0.25) is 0 Å². The third kappa shape index (κ3) is 4.27. The molecule has 1 amide bonds. The Kier molecular flexibility index (Phi) is 5.14. The second kappa shape index (κ2) is 7.67. The lowest BCUT2D eigenvalue weighted by Crippen LogP contribution is -2.13. The van der Waals surface area contributed by atoms with Gasteiger partial charge in [-0.1, -0.05) is 56.3 Å². The number of anilines is 1. The molecule has 25 heavy (non-hydrogen) atoms. The minimum absolute atomic E-state index is 0.167. The van der Waals surface area contributed by atoms with Gasteiger partial charge in [-0.15, -0.1) is 0 Å². The van der Waals surface area contributed by atoms with E-state index in [0.717, 1.165) is 11.3 Å². The third-order valence-corrected chi connectivity index (χ3v) is 3.99. The summed E-state index contributed by atoms with van der Waals surface area (Å²) < 4.78 is 5.37.